The molecule has 168 valence electrons. The molecule has 2 spiro atoms. The van der Waals surface area contributed by atoms with E-state index in [2.05, 4.69) is 9.88 Å². The Bertz CT molecular complexity index is 808. The van der Waals surface area contributed by atoms with Crippen molar-refractivity contribution >= 4 is 11.8 Å². The van der Waals surface area contributed by atoms with Crippen molar-refractivity contribution in [3.63, 3.8) is 0 Å². The summed E-state index contributed by atoms with van der Waals surface area (Å²) in [6.07, 6.45) is 11.0. The molecular weight excluding hydrogens is 394 g/mol. The Balaban J connectivity index is 1.04. The number of hydrogen-bond donors (Lipinski definition) is 0. The van der Waals surface area contributed by atoms with Crippen molar-refractivity contribution in [2.75, 3.05) is 32.8 Å². The standard InChI is InChI=1S/C24H33N3O4/c28-20-16-23(7-1-2-8-23)17-21(29)27(20)13-4-3-12-26-14-9-24(10-15-26)18-30-19-6-5-11-25-22(19)31-24/h5-6,11H,1-4,7-10,12-18H2. The highest BCUT2D eigenvalue weighted by Gasteiger charge is 2.45. The summed E-state index contributed by atoms with van der Waals surface area (Å²) in [5, 5.41) is 0. The molecule has 1 saturated carbocycles. The van der Waals surface area contributed by atoms with Gasteiger partial charge in [0, 0.05) is 51.5 Å². The van der Waals surface area contributed by atoms with Crippen LogP contribution in [0.2, 0.25) is 0 Å². The van der Waals surface area contributed by atoms with E-state index in [0.717, 1.165) is 76.8 Å². The third-order valence-corrected chi connectivity index (χ3v) is 7.73. The van der Waals surface area contributed by atoms with Gasteiger partial charge in [0.25, 0.3) is 5.88 Å². The van der Waals surface area contributed by atoms with Crippen molar-refractivity contribution in [1.29, 1.82) is 0 Å². The maximum absolute atomic E-state index is 12.6. The summed E-state index contributed by atoms with van der Waals surface area (Å²) < 4.78 is 12.1. The van der Waals surface area contributed by atoms with E-state index in [0.29, 0.717) is 31.9 Å². The molecule has 1 aromatic rings. The van der Waals surface area contributed by atoms with Gasteiger partial charge in [-0.15, -0.1) is 0 Å². The number of likely N-dealkylation sites (tertiary alicyclic amines) is 2. The fraction of sp³-hybridized carbons (Fsp3) is 0.708. The quantitative estimate of drug-likeness (QED) is 0.531. The number of aromatic nitrogens is 1. The molecule has 2 amide bonds. The molecule has 31 heavy (non-hydrogen) atoms. The van der Waals surface area contributed by atoms with Crippen LogP contribution in [0, 0.1) is 5.41 Å². The van der Waals surface area contributed by atoms with Crippen molar-refractivity contribution in [2.24, 2.45) is 5.41 Å². The largest absolute Gasteiger partial charge is 0.484 e. The molecule has 0 unspecified atom stereocenters. The Morgan fingerprint density at radius 3 is 2.42 bits per heavy atom. The summed E-state index contributed by atoms with van der Waals surface area (Å²) in [6.45, 7) is 4.09. The van der Waals surface area contributed by atoms with Gasteiger partial charge in [0.15, 0.2) is 5.75 Å². The Kier molecular flexibility index (Phi) is 5.63. The molecule has 0 radical (unpaired) electrons. The first kappa shape index (κ1) is 20.7. The number of carbonyl (C=O) groups excluding carboxylic acids is 2. The van der Waals surface area contributed by atoms with Crippen LogP contribution in [-0.4, -0.2) is 65.0 Å². The minimum atomic E-state index is -0.263. The lowest BCUT2D eigenvalue weighted by Crippen LogP contribution is -2.53. The van der Waals surface area contributed by atoms with Crippen LogP contribution >= 0.6 is 0 Å². The number of rotatable bonds is 5. The van der Waals surface area contributed by atoms with Gasteiger partial charge in [-0.25, -0.2) is 4.98 Å². The highest BCUT2D eigenvalue weighted by atomic mass is 16.6. The number of fused-ring (bicyclic) bond motifs is 1. The van der Waals surface area contributed by atoms with Gasteiger partial charge in [-0.05, 0) is 49.8 Å². The number of carbonyl (C=O) groups is 2. The predicted octanol–water partition coefficient (Wildman–Crippen LogP) is 3.18. The summed E-state index contributed by atoms with van der Waals surface area (Å²) in [6, 6.07) is 3.76. The highest BCUT2D eigenvalue weighted by Crippen LogP contribution is 2.47. The van der Waals surface area contributed by atoms with Gasteiger partial charge in [0.2, 0.25) is 11.8 Å². The van der Waals surface area contributed by atoms with E-state index in [-0.39, 0.29) is 22.8 Å². The summed E-state index contributed by atoms with van der Waals surface area (Å²) in [7, 11) is 0. The topological polar surface area (TPSA) is 72.0 Å². The minimum absolute atomic E-state index is 0.00460. The van der Waals surface area contributed by atoms with Crippen LogP contribution < -0.4 is 9.47 Å². The smallest absolute Gasteiger partial charge is 0.257 e. The zero-order valence-electron chi connectivity index (χ0n) is 18.3. The first-order chi connectivity index (χ1) is 15.1. The third-order valence-electron chi connectivity index (χ3n) is 7.73. The predicted molar refractivity (Wildman–Crippen MR) is 115 cm³/mol. The number of unbranched alkanes of at least 4 members (excludes halogenated alkanes) is 1. The van der Waals surface area contributed by atoms with Crippen LogP contribution in [0.25, 0.3) is 0 Å². The SMILES string of the molecule is O=C1CC2(CCCC2)CC(=O)N1CCCCN1CCC2(CC1)COc1cccnc1O2. The van der Waals surface area contributed by atoms with Gasteiger partial charge in [-0.1, -0.05) is 12.8 Å². The van der Waals surface area contributed by atoms with Crippen molar-refractivity contribution in [3.05, 3.63) is 18.3 Å². The molecule has 2 saturated heterocycles. The number of imide groups is 1. The molecule has 7 heteroatoms. The van der Waals surface area contributed by atoms with Gasteiger partial charge < -0.3 is 14.4 Å². The highest BCUT2D eigenvalue weighted by molar-refractivity contribution is 5.98. The second kappa shape index (κ2) is 8.41. The molecule has 0 atom stereocenters. The fourth-order valence-electron chi connectivity index (χ4n) is 5.80. The second-order valence-corrected chi connectivity index (χ2v) is 9.93. The number of ether oxygens (including phenoxy) is 2. The van der Waals surface area contributed by atoms with Crippen LogP contribution in [0.3, 0.4) is 0 Å². The zero-order valence-corrected chi connectivity index (χ0v) is 18.3. The summed E-state index contributed by atoms with van der Waals surface area (Å²) in [5.41, 5.74) is -0.268. The normalized spacial score (nSPS) is 24.8. The molecule has 1 aromatic heterocycles. The Morgan fingerprint density at radius 2 is 1.68 bits per heavy atom. The second-order valence-electron chi connectivity index (χ2n) is 9.93. The lowest BCUT2D eigenvalue weighted by atomic mass is 9.76. The van der Waals surface area contributed by atoms with Crippen LogP contribution in [-0.2, 0) is 9.59 Å². The average molecular weight is 428 g/mol. The Morgan fingerprint density at radius 1 is 0.968 bits per heavy atom. The lowest BCUT2D eigenvalue weighted by molar-refractivity contribution is -0.153. The van der Waals surface area contributed by atoms with Crippen molar-refractivity contribution in [3.8, 4) is 11.6 Å². The molecular formula is C24H33N3O4. The number of pyridine rings is 1. The first-order valence-electron chi connectivity index (χ1n) is 11.9. The maximum atomic E-state index is 12.6. The number of amides is 2. The molecule has 0 bridgehead atoms. The monoisotopic (exact) mass is 427 g/mol. The van der Waals surface area contributed by atoms with Crippen LogP contribution in [0.15, 0.2) is 18.3 Å². The molecule has 7 nitrogen and oxygen atoms in total. The van der Waals surface area contributed by atoms with Gasteiger partial charge in [-0.2, -0.15) is 0 Å². The van der Waals surface area contributed by atoms with E-state index < -0.39 is 0 Å². The minimum Gasteiger partial charge on any atom is -0.484 e. The molecule has 5 rings (SSSR count). The first-order valence-corrected chi connectivity index (χ1v) is 11.9. The van der Waals surface area contributed by atoms with E-state index in [1.165, 1.54) is 4.90 Å². The summed E-state index contributed by atoms with van der Waals surface area (Å²) in [4.78, 5) is 33.5. The van der Waals surface area contributed by atoms with E-state index >= 15 is 0 Å². The van der Waals surface area contributed by atoms with Crippen LogP contribution in [0.5, 0.6) is 11.6 Å². The number of piperidine rings is 2. The van der Waals surface area contributed by atoms with E-state index in [4.69, 9.17) is 9.47 Å². The van der Waals surface area contributed by atoms with Crippen molar-refractivity contribution < 1.29 is 19.1 Å². The summed E-state index contributed by atoms with van der Waals surface area (Å²) in [5.74, 6) is 1.46. The van der Waals surface area contributed by atoms with Gasteiger partial charge in [0.05, 0.1) is 0 Å². The molecule has 0 N–H and O–H groups in total. The van der Waals surface area contributed by atoms with Crippen LogP contribution in [0.4, 0.5) is 0 Å². The van der Waals surface area contributed by atoms with Gasteiger partial charge in [0.1, 0.15) is 12.2 Å². The Hall–Kier alpha value is -2.15. The van der Waals surface area contributed by atoms with E-state index in [9.17, 15) is 9.59 Å². The maximum Gasteiger partial charge on any atom is 0.257 e. The summed E-state index contributed by atoms with van der Waals surface area (Å²) >= 11 is 0. The molecule has 4 aliphatic rings. The molecule has 4 heterocycles. The lowest BCUT2D eigenvalue weighted by Gasteiger charge is -2.43. The van der Waals surface area contributed by atoms with Gasteiger partial charge in [-0.3, -0.25) is 14.5 Å². The molecule has 3 fully saturated rings. The Labute approximate surface area is 184 Å². The number of nitrogens with zero attached hydrogens (tertiary/aromatic N) is 3. The third kappa shape index (κ3) is 4.29. The van der Waals surface area contributed by atoms with E-state index in [1.807, 2.05) is 12.1 Å². The fourth-order valence-corrected chi connectivity index (χ4v) is 5.80. The van der Waals surface area contributed by atoms with Crippen molar-refractivity contribution in [1.82, 2.24) is 14.8 Å². The van der Waals surface area contributed by atoms with Crippen molar-refractivity contribution in [2.45, 2.75) is 69.8 Å². The number of hydrogen-bond acceptors (Lipinski definition) is 6. The zero-order chi connectivity index (χ0) is 21.3. The molecule has 0 aromatic carbocycles. The van der Waals surface area contributed by atoms with Gasteiger partial charge >= 0.3 is 0 Å². The van der Waals surface area contributed by atoms with Crippen LogP contribution in [0.1, 0.15) is 64.2 Å². The van der Waals surface area contributed by atoms with E-state index in [1.54, 1.807) is 6.20 Å². The molecule has 3 aliphatic heterocycles. The average Bonchev–Trinajstić information content (AvgIpc) is 3.21. The molecule has 1 aliphatic carbocycles.